The molecule has 1 N–H and O–H groups in total. The van der Waals surface area contributed by atoms with Crippen LogP contribution in [0.5, 0.6) is 0 Å². The Morgan fingerprint density at radius 3 is 2.03 bits per heavy atom. The first-order valence-corrected chi connectivity index (χ1v) is 11.0. The van der Waals surface area contributed by atoms with Gasteiger partial charge in [0.1, 0.15) is 0 Å². The van der Waals surface area contributed by atoms with E-state index in [-0.39, 0.29) is 5.41 Å². The Bertz CT molecular complexity index is 868. The SMILES string of the molecule is CCC(CC)(c1ccc(C)c(C)c1)c1ccc(C=CC2(O)CCOCC2)c(C)c1. The number of rotatable bonds is 6. The van der Waals surface area contributed by atoms with Crippen LogP contribution in [0.25, 0.3) is 6.08 Å². The molecule has 0 saturated carbocycles. The average molecular weight is 393 g/mol. The molecule has 0 unspecified atom stereocenters. The summed E-state index contributed by atoms with van der Waals surface area (Å²) < 4.78 is 5.38. The highest BCUT2D eigenvalue weighted by molar-refractivity contribution is 5.57. The molecule has 0 amide bonds. The largest absolute Gasteiger partial charge is 0.386 e. The Labute approximate surface area is 176 Å². The van der Waals surface area contributed by atoms with Gasteiger partial charge in [0.2, 0.25) is 0 Å². The molecular formula is C27H36O2. The predicted molar refractivity (Wildman–Crippen MR) is 122 cm³/mol. The van der Waals surface area contributed by atoms with E-state index in [9.17, 15) is 5.11 Å². The fourth-order valence-corrected chi connectivity index (χ4v) is 4.57. The van der Waals surface area contributed by atoms with Crippen molar-refractivity contribution in [1.82, 2.24) is 0 Å². The van der Waals surface area contributed by atoms with Crippen molar-refractivity contribution in [2.45, 2.75) is 71.3 Å². The van der Waals surface area contributed by atoms with Crippen molar-refractivity contribution in [1.29, 1.82) is 0 Å². The summed E-state index contributed by atoms with van der Waals surface area (Å²) in [5.41, 5.74) is 7.21. The van der Waals surface area contributed by atoms with Crippen LogP contribution in [0.4, 0.5) is 0 Å². The van der Waals surface area contributed by atoms with E-state index >= 15 is 0 Å². The summed E-state index contributed by atoms with van der Waals surface area (Å²) in [6, 6.07) is 13.8. The van der Waals surface area contributed by atoms with Gasteiger partial charge in [-0.2, -0.15) is 0 Å². The lowest BCUT2D eigenvalue weighted by molar-refractivity contribution is -0.0317. The third kappa shape index (κ3) is 4.49. The van der Waals surface area contributed by atoms with Gasteiger partial charge < -0.3 is 9.84 Å². The molecule has 156 valence electrons. The molecule has 2 aromatic carbocycles. The van der Waals surface area contributed by atoms with Gasteiger partial charge in [-0.25, -0.2) is 0 Å². The van der Waals surface area contributed by atoms with E-state index in [4.69, 9.17) is 4.74 Å². The summed E-state index contributed by atoms with van der Waals surface area (Å²) in [6.07, 6.45) is 7.53. The van der Waals surface area contributed by atoms with Crippen LogP contribution < -0.4 is 0 Å². The second-order valence-corrected chi connectivity index (χ2v) is 8.71. The van der Waals surface area contributed by atoms with Crippen LogP contribution in [0.3, 0.4) is 0 Å². The van der Waals surface area contributed by atoms with Gasteiger partial charge in [0.25, 0.3) is 0 Å². The van der Waals surface area contributed by atoms with Crippen molar-refractivity contribution < 1.29 is 9.84 Å². The Hall–Kier alpha value is -1.90. The minimum atomic E-state index is -0.737. The van der Waals surface area contributed by atoms with Gasteiger partial charge in [0, 0.05) is 31.5 Å². The molecule has 0 bridgehead atoms. The molecule has 1 aliphatic heterocycles. The fraction of sp³-hybridized carbons (Fsp3) is 0.481. The second-order valence-electron chi connectivity index (χ2n) is 8.71. The van der Waals surface area contributed by atoms with Crippen LogP contribution in [0.15, 0.2) is 42.5 Å². The van der Waals surface area contributed by atoms with Crippen LogP contribution in [0.1, 0.15) is 72.9 Å². The molecule has 3 rings (SSSR count). The highest BCUT2D eigenvalue weighted by atomic mass is 16.5. The van der Waals surface area contributed by atoms with Crippen molar-refractivity contribution in [3.63, 3.8) is 0 Å². The minimum absolute atomic E-state index is 0.0321. The molecule has 1 fully saturated rings. The fourth-order valence-electron chi connectivity index (χ4n) is 4.57. The number of ether oxygens (including phenoxy) is 1. The van der Waals surface area contributed by atoms with Gasteiger partial charge in [-0.15, -0.1) is 0 Å². The third-order valence-electron chi connectivity index (χ3n) is 7.02. The first-order chi connectivity index (χ1) is 13.8. The Balaban J connectivity index is 1.95. The molecule has 29 heavy (non-hydrogen) atoms. The standard InChI is InChI=1S/C27H36O2/c1-6-27(7-2,24-10-8-20(3)21(4)18-24)25-11-9-23(22(5)19-25)12-13-26(28)14-16-29-17-15-26/h8-13,18-19,28H,6-7,14-17H2,1-5H3. The molecule has 0 spiro atoms. The molecule has 0 radical (unpaired) electrons. The maximum Gasteiger partial charge on any atom is 0.0874 e. The summed E-state index contributed by atoms with van der Waals surface area (Å²) in [6.45, 7) is 12.4. The molecule has 0 aliphatic carbocycles. The summed E-state index contributed by atoms with van der Waals surface area (Å²) in [7, 11) is 0. The van der Waals surface area contributed by atoms with Gasteiger partial charge in [0.15, 0.2) is 0 Å². The number of aliphatic hydroxyl groups is 1. The van der Waals surface area contributed by atoms with Gasteiger partial charge in [-0.3, -0.25) is 0 Å². The van der Waals surface area contributed by atoms with Crippen LogP contribution in [-0.2, 0) is 10.2 Å². The van der Waals surface area contributed by atoms with Crippen molar-refractivity contribution in [2.75, 3.05) is 13.2 Å². The first-order valence-electron chi connectivity index (χ1n) is 11.0. The number of hydrogen-bond acceptors (Lipinski definition) is 2. The molecule has 2 nitrogen and oxygen atoms in total. The zero-order valence-electron chi connectivity index (χ0n) is 18.7. The van der Waals surface area contributed by atoms with Crippen LogP contribution in [0, 0.1) is 20.8 Å². The minimum Gasteiger partial charge on any atom is -0.386 e. The molecule has 0 aromatic heterocycles. The molecule has 1 heterocycles. The van der Waals surface area contributed by atoms with E-state index in [2.05, 4.69) is 77.1 Å². The topological polar surface area (TPSA) is 29.5 Å². The average Bonchev–Trinajstić information content (AvgIpc) is 2.72. The molecule has 0 atom stereocenters. The van der Waals surface area contributed by atoms with E-state index in [0.29, 0.717) is 26.1 Å². The lowest BCUT2D eigenvalue weighted by Crippen LogP contribution is -2.33. The Morgan fingerprint density at radius 1 is 0.897 bits per heavy atom. The monoisotopic (exact) mass is 392 g/mol. The van der Waals surface area contributed by atoms with E-state index in [0.717, 1.165) is 12.8 Å². The van der Waals surface area contributed by atoms with Gasteiger partial charge in [-0.1, -0.05) is 62.4 Å². The van der Waals surface area contributed by atoms with Crippen LogP contribution in [-0.4, -0.2) is 23.9 Å². The van der Waals surface area contributed by atoms with E-state index in [1.54, 1.807) is 0 Å². The highest BCUT2D eigenvalue weighted by Crippen LogP contribution is 2.40. The van der Waals surface area contributed by atoms with Gasteiger partial charge >= 0.3 is 0 Å². The number of benzene rings is 2. The van der Waals surface area contributed by atoms with Gasteiger partial charge in [-0.05, 0) is 67.0 Å². The lowest BCUT2D eigenvalue weighted by atomic mass is 9.69. The smallest absolute Gasteiger partial charge is 0.0874 e. The third-order valence-corrected chi connectivity index (χ3v) is 7.02. The number of aryl methyl sites for hydroxylation is 3. The summed E-state index contributed by atoms with van der Waals surface area (Å²) in [5, 5.41) is 10.7. The first kappa shape index (κ1) is 21.8. The second kappa shape index (κ2) is 8.85. The van der Waals surface area contributed by atoms with E-state index in [1.165, 1.54) is 33.4 Å². The quantitative estimate of drug-likeness (QED) is 0.627. The van der Waals surface area contributed by atoms with Crippen molar-refractivity contribution in [2.24, 2.45) is 0 Å². The van der Waals surface area contributed by atoms with Crippen LogP contribution >= 0.6 is 0 Å². The summed E-state index contributed by atoms with van der Waals surface area (Å²) >= 11 is 0. The Morgan fingerprint density at radius 2 is 1.48 bits per heavy atom. The van der Waals surface area contributed by atoms with E-state index in [1.807, 2.05) is 6.08 Å². The van der Waals surface area contributed by atoms with E-state index < -0.39 is 5.60 Å². The number of hydrogen-bond donors (Lipinski definition) is 1. The maximum atomic E-state index is 10.7. The zero-order valence-corrected chi connectivity index (χ0v) is 18.7. The molecular weight excluding hydrogens is 356 g/mol. The van der Waals surface area contributed by atoms with Crippen LogP contribution in [0.2, 0.25) is 0 Å². The molecule has 2 heteroatoms. The normalized spacial score (nSPS) is 17.0. The Kier molecular flexibility index (Phi) is 6.65. The lowest BCUT2D eigenvalue weighted by Gasteiger charge is -2.34. The molecule has 1 aliphatic rings. The summed E-state index contributed by atoms with van der Waals surface area (Å²) in [5.74, 6) is 0. The van der Waals surface area contributed by atoms with Gasteiger partial charge in [0.05, 0.1) is 5.60 Å². The van der Waals surface area contributed by atoms with Crippen molar-refractivity contribution in [3.8, 4) is 0 Å². The van der Waals surface area contributed by atoms with Crippen molar-refractivity contribution >= 4 is 6.08 Å². The molecule has 1 saturated heterocycles. The summed E-state index contributed by atoms with van der Waals surface area (Å²) in [4.78, 5) is 0. The maximum absolute atomic E-state index is 10.7. The van der Waals surface area contributed by atoms with Crippen molar-refractivity contribution in [3.05, 3.63) is 75.9 Å². The molecule has 2 aromatic rings. The predicted octanol–water partition coefficient (Wildman–Crippen LogP) is 6.27. The highest BCUT2D eigenvalue weighted by Gasteiger charge is 2.31. The zero-order chi connectivity index (χ0) is 21.1.